The number of halogens is 1. The van der Waals surface area contributed by atoms with E-state index in [0.717, 1.165) is 11.4 Å². The zero-order valence-electron chi connectivity index (χ0n) is 16.7. The second-order valence-electron chi connectivity index (χ2n) is 7.70. The summed E-state index contributed by atoms with van der Waals surface area (Å²) in [6.07, 6.45) is 4.96. The lowest BCUT2D eigenvalue weighted by molar-refractivity contribution is 0.102. The lowest BCUT2D eigenvalue weighted by atomic mass is 9.92. The SMILES string of the molecule is CC(C)(C)c1cc(NC(=O)c2ccn(-c3cccc(Cl)c3)n2)n(-c2ncccn2)n1. The largest absolute Gasteiger partial charge is 0.305 e. The number of anilines is 1. The zero-order chi connectivity index (χ0) is 21.3. The minimum Gasteiger partial charge on any atom is -0.305 e. The van der Waals surface area contributed by atoms with Crippen LogP contribution in [0.1, 0.15) is 37.0 Å². The van der Waals surface area contributed by atoms with Crippen molar-refractivity contribution >= 4 is 23.3 Å². The van der Waals surface area contributed by atoms with Gasteiger partial charge in [-0.25, -0.2) is 14.6 Å². The summed E-state index contributed by atoms with van der Waals surface area (Å²) in [6, 6.07) is 12.4. The minimum atomic E-state index is -0.367. The molecule has 8 nitrogen and oxygen atoms in total. The number of hydrogen-bond donors (Lipinski definition) is 1. The van der Waals surface area contributed by atoms with Gasteiger partial charge in [0.05, 0.1) is 11.4 Å². The van der Waals surface area contributed by atoms with Crippen molar-refractivity contribution in [2.75, 3.05) is 5.32 Å². The third-order valence-corrected chi connectivity index (χ3v) is 4.59. The summed E-state index contributed by atoms with van der Waals surface area (Å²) in [6.45, 7) is 6.14. The molecule has 1 N–H and O–H groups in total. The number of carbonyl (C=O) groups is 1. The molecule has 0 aliphatic rings. The number of benzene rings is 1. The predicted molar refractivity (Wildman–Crippen MR) is 114 cm³/mol. The summed E-state index contributed by atoms with van der Waals surface area (Å²) in [5.74, 6) is 0.467. The Morgan fingerprint density at radius 1 is 1.03 bits per heavy atom. The van der Waals surface area contributed by atoms with Crippen LogP contribution in [0, 0.1) is 0 Å². The topological polar surface area (TPSA) is 90.5 Å². The van der Waals surface area contributed by atoms with Gasteiger partial charge in [0.2, 0.25) is 0 Å². The summed E-state index contributed by atoms with van der Waals surface area (Å²) in [4.78, 5) is 21.4. The third kappa shape index (κ3) is 4.08. The van der Waals surface area contributed by atoms with Crippen molar-refractivity contribution in [3.63, 3.8) is 0 Å². The van der Waals surface area contributed by atoms with Crippen LogP contribution in [0.4, 0.5) is 5.82 Å². The van der Waals surface area contributed by atoms with E-state index in [1.165, 1.54) is 4.68 Å². The second kappa shape index (κ2) is 7.72. The molecule has 0 saturated heterocycles. The fourth-order valence-electron chi connectivity index (χ4n) is 2.78. The number of nitrogens with zero attached hydrogens (tertiary/aromatic N) is 6. The van der Waals surface area contributed by atoms with Gasteiger partial charge in [-0.1, -0.05) is 38.4 Å². The Kier molecular flexibility index (Phi) is 5.09. The maximum atomic E-state index is 12.9. The van der Waals surface area contributed by atoms with Crippen LogP contribution in [0.25, 0.3) is 11.6 Å². The molecule has 4 aromatic rings. The number of amides is 1. The molecule has 0 aliphatic carbocycles. The average molecular weight is 422 g/mol. The van der Waals surface area contributed by atoms with E-state index in [1.807, 2.05) is 39.0 Å². The molecule has 0 unspecified atom stereocenters. The second-order valence-corrected chi connectivity index (χ2v) is 8.14. The van der Waals surface area contributed by atoms with Gasteiger partial charge in [0, 0.05) is 35.1 Å². The van der Waals surface area contributed by atoms with Crippen LogP contribution in [0.15, 0.2) is 61.1 Å². The molecule has 9 heteroatoms. The predicted octanol–water partition coefficient (Wildman–Crippen LogP) is 4.05. The molecule has 4 rings (SSSR count). The Balaban J connectivity index is 1.64. The molecular formula is C21H20ClN7O. The van der Waals surface area contributed by atoms with Crippen LogP contribution in [-0.2, 0) is 5.41 Å². The summed E-state index contributed by atoms with van der Waals surface area (Å²) in [5.41, 5.74) is 1.61. The first-order valence-electron chi connectivity index (χ1n) is 9.32. The molecule has 1 amide bonds. The van der Waals surface area contributed by atoms with Gasteiger partial charge in [-0.3, -0.25) is 4.79 Å². The number of carbonyl (C=O) groups excluding carboxylic acids is 1. The molecule has 0 fully saturated rings. The van der Waals surface area contributed by atoms with Gasteiger partial charge < -0.3 is 5.32 Å². The summed E-state index contributed by atoms with van der Waals surface area (Å²) < 4.78 is 3.12. The molecule has 0 atom stereocenters. The van der Waals surface area contributed by atoms with E-state index >= 15 is 0 Å². The van der Waals surface area contributed by atoms with E-state index in [0.29, 0.717) is 16.8 Å². The van der Waals surface area contributed by atoms with Crippen LogP contribution in [0.5, 0.6) is 0 Å². The van der Waals surface area contributed by atoms with E-state index in [2.05, 4.69) is 25.5 Å². The van der Waals surface area contributed by atoms with Crippen LogP contribution in [0.2, 0.25) is 5.02 Å². The van der Waals surface area contributed by atoms with Crippen LogP contribution < -0.4 is 5.32 Å². The maximum Gasteiger partial charge on any atom is 0.277 e. The monoisotopic (exact) mass is 421 g/mol. The Morgan fingerprint density at radius 2 is 1.80 bits per heavy atom. The highest BCUT2D eigenvalue weighted by Gasteiger charge is 2.23. The molecule has 0 bridgehead atoms. The first-order valence-corrected chi connectivity index (χ1v) is 9.70. The van der Waals surface area contributed by atoms with Crippen LogP contribution >= 0.6 is 11.6 Å². The Labute approximate surface area is 178 Å². The molecule has 30 heavy (non-hydrogen) atoms. The molecule has 0 radical (unpaired) electrons. The van der Waals surface area contributed by atoms with Crippen molar-refractivity contribution in [3.05, 3.63) is 77.5 Å². The van der Waals surface area contributed by atoms with Crippen molar-refractivity contribution in [3.8, 4) is 11.6 Å². The lowest BCUT2D eigenvalue weighted by Gasteiger charge is -2.13. The van der Waals surface area contributed by atoms with Gasteiger partial charge in [-0.15, -0.1) is 0 Å². The molecule has 1 aromatic carbocycles. The first kappa shape index (κ1) is 19.8. The van der Waals surface area contributed by atoms with Crippen molar-refractivity contribution < 1.29 is 4.79 Å². The van der Waals surface area contributed by atoms with Gasteiger partial charge in [0.25, 0.3) is 11.9 Å². The Bertz CT molecular complexity index is 1190. The smallest absolute Gasteiger partial charge is 0.277 e. The summed E-state index contributed by atoms with van der Waals surface area (Å²) >= 11 is 6.04. The Morgan fingerprint density at radius 3 is 2.50 bits per heavy atom. The van der Waals surface area contributed by atoms with Crippen LogP contribution in [-0.4, -0.2) is 35.4 Å². The molecule has 0 saturated carbocycles. The van der Waals surface area contributed by atoms with E-state index < -0.39 is 0 Å². The van der Waals surface area contributed by atoms with E-state index in [4.69, 9.17) is 11.6 Å². The number of aromatic nitrogens is 6. The van der Waals surface area contributed by atoms with Crippen LogP contribution in [0.3, 0.4) is 0 Å². The van der Waals surface area contributed by atoms with Gasteiger partial charge in [0.1, 0.15) is 5.82 Å². The molecule has 3 aromatic heterocycles. The highest BCUT2D eigenvalue weighted by Crippen LogP contribution is 2.25. The van der Waals surface area contributed by atoms with Gasteiger partial charge in [0.15, 0.2) is 5.69 Å². The van der Waals surface area contributed by atoms with Crippen molar-refractivity contribution in [1.29, 1.82) is 0 Å². The highest BCUT2D eigenvalue weighted by atomic mass is 35.5. The third-order valence-electron chi connectivity index (χ3n) is 4.36. The molecule has 3 heterocycles. The highest BCUT2D eigenvalue weighted by molar-refractivity contribution is 6.30. The number of hydrogen-bond acceptors (Lipinski definition) is 5. The van der Waals surface area contributed by atoms with E-state index in [-0.39, 0.29) is 17.0 Å². The quantitative estimate of drug-likeness (QED) is 0.536. The molecular weight excluding hydrogens is 402 g/mol. The van der Waals surface area contributed by atoms with Gasteiger partial charge >= 0.3 is 0 Å². The normalized spacial score (nSPS) is 11.5. The zero-order valence-corrected chi connectivity index (χ0v) is 17.5. The van der Waals surface area contributed by atoms with Crippen molar-refractivity contribution in [2.45, 2.75) is 26.2 Å². The van der Waals surface area contributed by atoms with Gasteiger partial charge in [-0.2, -0.15) is 14.9 Å². The molecule has 0 spiro atoms. The first-order chi connectivity index (χ1) is 14.3. The standard InChI is InChI=1S/C21H20ClN7O/c1-21(2,3)17-13-18(29(27-17)20-23-9-5-10-24-20)25-19(30)16-8-11-28(26-16)15-7-4-6-14(22)12-15/h4-13H,1-3H3,(H,25,30). The fraction of sp³-hybridized carbons (Fsp3) is 0.190. The molecule has 152 valence electrons. The average Bonchev–Trinajstić information content (AvgIpc) is 3.36. The fourth-order valence-corrected chi connectivity index (χ4v) is 2.96. The maximum absolute atomic E-state index is 12.9. The molecule has 0 aliphatic heterocycles. The lowest BCUT2D eigenvalue weighted by Crippen LogP contribution is -2.17. The summed E-state index contributed by atoms with van der Waals surface area (Å²) in [7, 11) is 0. The van der Waals surface area contributed by atoms with Crippen molar-refractivity contribution in [2.24, 2.45) is 0 Å². The number of rotatable bonds is 4. The van der Waals surface area contributed by atoms with E-state index in [9.17, 15) is 4.79 Å². The Hall–Kier alpha value is -3.52. The minimum absolute atomic E-state index is 0.215. The van der Waals surface area contributed by atoms with Crippen molar-refractivity contribution in [1.82, 2.24) is 29.5 Å². The number of nitrogens with one attached hydrogen (secondary N) is 1. The van der Waals surface area contributed by atoms with Gasteiger partial charge in [-0.05, 0) is 30.3 Å². The van der Waals surface area contributed by atoms with E-state index in [1.54, 1.807) is 47.5 Å². The summed E-state index contributed by atoms with van der Waals surface area (Å²) in [5, 5.41) is 12.4.